The van der Waals surface area contributed by atoms with Crippen molar-refractivity contribution >= 4 is 44.9 Å². The number of ether oxygens (including phenoxy) is 2. The molecule has 3 rings (SSSR count). The average molecular weight is 389 g/mol. The van der Waals surface area contributed by atoms with Crippen LogP contribution in [0.3, 0.4) is 0 Å². The predicted molar refractivity (Wildman–Crippen MR) is 107 cm³/mol. The average Bonchev–Trinajstić information content (AvgIpc) is 3.26. The molecule has 0 aliphatic rings. The zero-order chi connectivity index (χ0) is 18.4. The summed E-state index contributed by atoms with van der Waals surface area (Å²) < 4.78 is 13.8. The minimum Gasteiger partial charge on any atom is -0.494 e. The number of amides is 1. The van der Waals surface area contributed by atoms with E-state index in [1.54, 1.807) is 24.5 Å². The van der Waals surface area contributed by atoms with E-state index in [-0.39, 0.29) is 5.91 Å². The van der Waals surface area contributed by atoms with Crippen LogP contribution >= 0.6 is 22.7 Å². The van der Waals surface area contributed by atoms with Crippen LogP contribution in [-0.4, -0.2) is 30.8 Å². The monoisotopic (exact) mass is 388 g/mol. The maximum absolute atomic E-state index is 12.3. The molecule has 1 aromatic carbocycles. The SMILES string of the molecule is CCOc1ccc2c(c1)sc(=NC(=O)C=Cc1cccs1)n2CCOC. The lowest BCUT2D eigenvalue weighted by Gasteiger charge is -2.05. The Bertz CT molecular complexity index is 968. The van der Waals surface area contributed by atoms with Crippen molar-refractivity contribution in [3.8, 4) is 5.75 Å². The van der Waals surface area contributed by atoms with E-state index in [1.165, 1.54) is 17.4 Å². The predicted octanol–water partition coefficient (Wildman–Crippen LogP) is 3.95. The number of carbonyl (C=O) groups is 1. The third kappa shape index (κ3) is 4.49. The van der Waals surface area contributed by atoms with Crippen LogP contribution in [0, 0.1) is 0 Å². The molecule has 0 bridgehead atoms. The molecule has 0 spiro atoms. The Balaban J connectivity index is 1.97. The first-order valence-corrected chi connectivity index (χ1v) is 9.96. The van der Waals surface area contributed by atoms with Gasteiger partial charge in [-0.15, -0.1) is 11.3 Å². The molecule has 0 atom stereocenters. The van der Waals surface area contributed by atoms with E-state index >= 15 is 0 Å². The Morgan fingerprint density at radius 2 is 2.23 bits per heavy atom. The van der Waals surface area contributed by atoms with Crippen molar-refractivity contribution in [2.75, 3.05) is 20.3 Å². The van der Waals surface area contributed by atoms with Crippen molar-refractivity contribution in [3.63, 3.8) is 0 Å². The summed E-state index contributed by atoms with van der Waals surface area (Å²) in [7, 11) is 1.66. The van der Waals surface area contributed by atoms with Gasteiger partial charge in [-0.05, 0) is 42.6 Å². The van der Waals surface area contributed by atoms with Gasteiger partial charge in [0.1, 0.15) is 5.75 Å². The summed E-state index contributed by atoms with van der Waals surface area (Å²) in [6.45, 7) is 3.75. The number of thiazole rings is 1. The van der Waals surface area contributed by atoms with Crippen molar-refractivity contribution in [1.82, 2.24) is 4.57 Å². The summed E-state index contributed by atoms with van der Waals surface area (Å²) in [5.41, 5.74) is 1.02. The highest BCUT2D eigenvalue weighted by Crippen LogP contribution is 2.23. The molecule has 0 aliphatic heterocycles. The molecule has 0 unspecified atom stereocenters. The number of rotatable bonds is 7. The second-order valence-electron chi connectivity index (χ2n) is 5.39. The summed E-state index contributed by atoms with van der Waals surface area (Å²) >= 11 is 3.06. The lowest BCUT2D eigenvalue weighted by Crippen LogP contribution is -2.18. The molecule has 1 amide bonds. The van der Waals surface area contributed by atoms with Crippen molar-refractivity contribution in [2.45, 2.75) is 13.5 Å². The van der Waals surface area contributed by atoms with Crippen LogP contribution in [-0.2, 0) is 16.1 Å². The van der Waals surface area contributed by atoms with Gasteiger partial charge in [0.25, 0.3) is 5.91 Å². The lowest BCUT2D eigenvalue weighted by molar-refractivity contribution is -0.113. The largest absolute Gasteiger partial charge is 0.494 e. The van der Waals surface area contributed by atoms with Gasteiger partial charge in [0.15, 0.2) is 4.80 Å². The number of nitrogens with zero attached hydrogens (tertiary/aromatic N) is 2. The van der Waals surface area contributed by atoms with Gasteiger partial charge in [-0.25, -0.2) is 0 Å². The molecule has 2 aromatic heterocycles. The Morgan fingerprint density at radius 1 is 1.35 bits per heavy atom. The number of thiophene rings is 1. The molecule has 136 valence electrons. The smallest absolute Gasteiger partial charge is 0.272 e. The van der Waals surface area contributed by atoms with Crippen LogP contribution in [0.2, 0.25) is 0 Å². The topological polar surface area (TPSA) is 52.8 Å². The van der Waals surface area contributed by atoms with E-state index in [2.05, 4.69) is 4.99 Å². The maximum Gasteiger partial charge on any atom is 0.272 e. The van der Waals surface area contributed by atoms with Gasteiger partial charge in [-0.3, -0.25) is 4.79 Å². The molecule has 0 fully saturated rings. The summed E-state index contributed by atoms with van der Waals surface area (Å²) in [5, 5.41) is 1.97. The number of benzene rings is 1. The third-order valence-electron chi connectivity index (χ3n) is 3.62. The van der Waals surface area contributed by atoms with Gasteiger partial charge in [-0.2, -0.15) is 4.99 Å². The standard InChI is InChI=1S/C19H20N2O3S2/c1-3-24-14-6-8-16-17(13-14)26-19(21(16)10-11-23-2)20-18(22)9-7-15-5-4-12-25-15/h4-9,12-13H,3,10-11H2,1-2H3. The van der Waals surface area contributed by atoms with Crippen LogP contribution < -0.4 is 9.54 Å². The first-order chi connectivity index (χ1) is 12.7. The second kappa shape index (κ2) is 8.93. The first-order valence-electron chi connectivity index (χ1n) is 8.26. The van der Waals surface area contributed by atoms with Crippen LogP contribution in [0.15, 0.2) is 46.8 Å². The number of fused-ring (bicyclic) bond motifs is 1. The van der Waals surface area contributed by atoms with Crippen molar-refractivity contribution in [2.24, 2.45) is 4.99 Å². The summed E-state index contributed by atoms with van der Waals surface area (Å²) in [6, 6.07) is 9.83. The van der Waals surface area contributed by atoms with Gasteiger partial charge in [0.05, 0.1) is 23.4 Å². The van der Waals surface area contributed by atoms with Gasteiger partial charge in [-0.1, -0.05) is 17.4 Å². The van der Waals surface area contributed by atoms with E-state index in [0.29, 0.717) is 24.6 Å². The molecule has 0 saturated carbocycles. The van der Waals surface area contributed by atoms with Gasteiger partial charge < -0.3 is 14.0 Å². The molecular formula is C19H20N2O3S2. The molecule has 0 radical (unpaired) electrons. The van der Waals surface area contributed by atoms with Crippen LogP contribution in [0.4, 0.5) is 0 Å². The fourth-order valence-corrected chi connectivity index (χ4v) is 4.17. The summed E-state index contributed by atoms with van der Waals surface area (Å²) in [5.74, 6) is 0.539. The number of hydrogen-bond acceptors (Lipinski definition) is 5. The number of aromatic nitrogens is 1. The van der Waals surface area contributed by atoms with Gasteiger partial charge >= 0.3 is 0 Å². The zero-order valence-electron chi connectivity index (χ0n) is 14.7. The van der Waals surface area contributed by atoms with Crippen LogP contribution in [0.25, 0.3) is 16.3 Å². The van der Waals surface area contributed by atoms with E-state index in [1.807, 2.05) is 47.2 Å². The molecule has 2 heterocycles. The highest BCUT2D eigenvalue weighted by Gasteiger charge is 2.08. The molecule has 7 heteroatoms. The Hall–Kier alpha value is -2.22. The number of hydrogen-bond donors (Lipinski definition) is 0. The van der Waals surface area contributed by atoms with Crippen molar-refractivity contribution in [1.29, 1.82) is 0 Å². The minimum absolute atomic E-state index is 0.277. The Labute approximate surface area is 159 Å². The lowest BCUT2D eigenvalue weighted by atomic mass is 10.3. The van der Waals surface area contributed by atoms with Crippen LogP contribution in [0.1, 0.15) is 11.8 Å². The highest BCUT2D eigenvalue weighted by atomic mass is 32.1. The molecule has 5 nitrogen and oxygen atoms in total. The minimum atomic E-state index is -0.277. The zero-order valence-corrected chi connectivity index (χ0v) is 16.3. The van der Waals surface area contributed by atoms with Crippen molar-refractivity contribution in [3.05, 3.63) is 51.5 Å². The summed E-state index contributed by atoms with van der Waals surface area (Å²) in [4.78, 5) is 18.2. The number of carbonyl (C=O) groups excluding carboxylic acids is 1. The third-order valence-corrected chi connectivity index (χ3v) is 5.50. The molecule has 0 N–H and O–H groups in total. The fraction of sp³-hybridized carbons (Fsp3) is 0.263. The quantitative estimate of drug-likeness (QED) is 0.576. The van der Waals surface area contributed by atoms with E-state index in [9.17, 15) is 4.79 Å². The molecule has 26 heavy (non-hydrogen) atoms. The highest BCUT2D eigenvalue weighted by molar-refractivity contribution is 7.16. The second-order valence-corrected chi connectivity index (χ2v) is 7.38. The van der Waals surface area contributed by atoms with Crippen molar-refractivity contribution < 1.29 is 14.3 Å². The molecular weight excluding hydrogens is 368 g/mol. The Kier molecular flexibility index (Phi) is 6.38. The maximum atomic E-state index is 12.3. The van der Waals surface area contributed by atoms with E-state index in [0.717, 1.165) is 20.8 Å². The van der Waals surface area contributed by atoms with E-state index in [4.69, 9.17) is 9.47 Å². The Morgan fingerprint density at radius 3 is 2.96 bits per heavy atom. The first kappa shape index (κ1) is 18.6. The molecule has 0 aliphatic carbocycles. The van der Waals surface area contributed by atoms with Gasteiger partial charge in [0, 0.05) is 24.6 Å². The summed E-state index contributed by atoms with van der Waals surface area (Å²) in [6.07, 6.45) is 3.29. The van der Waals surface area contributed by atoms with E-state index < -0.39 is 0 Å². The fourth-order valence-electron chi connectivity index (χ4n) is 2.47. The number of methoxy groups -OCH3 is 1. The van der Waals surface area contributed by atoms with Gasteiger partial charge in [0.2, 0.25) is 0 Å². The molecule has 0 saturated heterocycles. The molecule has 3 aromatic rings. The van der Waals surface area contributed by atoms with Crippen LogP contribution in [0.5, 0.6) is 5.75 Å². The normalized spacial score (nSPS) is 12.3.